The Morgan fingerprint density at radius 3 is 2.69 bits per heavy atom. The smallest absolute Gasteiger partial charge is 0.338 e. The molecule has 2 aromatic rings. The summed E-state index contributed by atoms with van der Waals surface area (Å²) in [5.74, 6) is 1.13. The third-order valence-corrected chi connectivity index (χ3v) is 5.54. The fraction of sp³-hybridized carbons (Fsp3) is 0.409. The van der Waals surface area contributed by atoms with Gasteiger partial charge in [-0.15, -0.1) is 0 Å². The van der Waals surface area contributed by atoms with Gasteiger partial charge < -0.3 is 19.9 Å². The summed E-state index contributed by atoms with van der Waals surface area (Å²) >= 11 is 10.0. The molecule has 0 amide bonds. The van der Waals surface area contributed by atoms with Crippen molar-refractivity contribution in [3.05, 3.63) is 44.9 Å². The van der Waals surface area contributed by atoms with Crippen molar-refractivity contribution in [2.75, 3.05) is 5.73 Å². The van der Waals surface area contributed by atoms with Crippen molar-refractivity contribution in [2.24, 2.45) is 0 Å². The minimum Gasteiger partial charge on any atom is -0.489 e. The van der Waals surface area contributed by atoms with Gasteiger partial charge in [0, 0.05) is 0 Å². The highest BCUT2D eigenvalue weighted by atomic mass is 79.9. The van der Waals surface area contributed by atoms with E-state index < -0.39 is 11.6 Å². The molecule has 1 aliphatic heterocycles. The van der Waals surface area contributed by atoms with Gasteiger partial charge in [-0.3, -0.25) is 0 Å². The van der Waals surface area contributed by atoms with Gasteiger partial charge in [-0.1, -0.05) is 18.5 Å². The number of benzene rings is 2. The predicted molar refractivity (Wildman–Crippen MR) is 118 cm³/mol. The van der Waals surface area contributed by atoms with Crippen LogP contribution >= 0.6 is 27.5 Å². The molecule has 2 aromatic carbocycles. The minimum absolute atomic E-state index is 0.172. The first-order valence-electron chi connectivity index (χ1n) is 9.57. The van der Waals surface area contributed by atoms with E-state index in [0.29, 0.717) is 32.2 Å². The largest absolute Gasteiger partial charge is 0.489 e. The van der Waals surface area contributed by atoms with Crippen molar-refractivity contribution >= 4 is 39.2 Å². The maximum atomic E-state index is 12.2. The number of nitrogens with two attached hydrogens (primary N) is 1. The van der Waals surface area contributed by atoms with Gasteiger partial charge in [0.2, 0.25) is 0 Å². The number of hydrogen-bond acceptors (Lipinski definition) is 5. The molecule has 0 aromatic heterocycles. The number of carbonyl (C=O) groups is 1. The summed E-state index contributed by atoms with van der Waals surface area (Å²) in [4.78, 5) is 12.2. The number of nitrogen functional groups attached to an aromatic ring is 1. The monoisotopic (exact) mass is 481 g/mol. The van der Waals surface area contributed by atoms with Crippen molar-refractivity contribution in [3.63, 3.8) is 0 Å². The fourth-order valence-electron chi connectivity index (χ4n) is 3.08. The first-order chi connectivity index (χ1) is 13.6. The lowest BCUT2D eigenvalue weighted by Crippen LogP contribution is -2.23. The van der Waals surface area contributed by atoms with Crippen LogP contribution in [0.1, 0.15) is 56.5 Å². The molecule has 0 radical (unpaired) electrons. The Kier molecular flexibility index (Phi) is 6.34. The van der Waals surface area contributed by atoms with Gasteiger partial charge in [0.25, 0.3) is 0 Å². The Morgan fingerprint density at radius 1 is 1.34 bits per heavy atom. The standard InChI is InChI=1S/C22H25BrClNO4/c1-5-14-8-6-12-10-15(24)20(18(23)19(12)27-14)28-17-9-7-13(11-16(17)25)21(26)29-22(2,3)4/h7,9-11,14H,5-6,8,25H2,1-4H3. The molecule has 0 fully saturated rings. The van der Waals surface area contributed by atoms with Crippen molar-refractivity contribution < 1.29 is 19.0 Å². The average Bonchev–Trinajstić information content (AvgIpc) is 2.64. The summed E-state index contributed by atoms with van der Waals surface area (Å²) in [5.41, 5.74) is 7.26. The first kappa shape index (κ1) is 21.8. The number of rotatable bonds is 4. The van der Waals surface area contributed by atoms with Crippen LogP contribution in [-0.4, -0.2) is 17.7 Å². The normalized spacial score (nSPS) is 16.0. The van der Waals surface area contributed by atoms with Gasteiger partial charge in [0.15, 0.2) is 5.75 Å². The van der Waals surface area contributed by atoms with E-state index in [1.165, 1.54) is 6.07 Å². The Morgan fingerprint density at radius 2 is 2.07 bits per heavy atom. The third-order valence-electron chi connectivity index (χ3n) is 4.54. The van der Waals surface area contributed by atoms with Crippen LogP contribution in [0.3, 0.4) is 0 Å². The first-order valence-corrected chi connectivity index (χ1v) is 10.7. The zero-order valence-corrected chi connectivity index (χ0v) is 19.3. The Labute approximate surface area is 184 Å². The maximum absolute atomic E-state index is 12.2. The van der Waals surface area contributed by atoms with Crippen LogP contribution in [0.25, 0.3) is 0 Å². The molecule has 5 nitrogen and oxygen atoms in total. The van der Waals surface area contributed by atoms with E-state index >= 15 is 0 Å². The molecular formula is C22H25BrClNO4. The maximum Gasteiger partial charge on any atom is 0.338 e. The van der Waals surface area contributed by atoms with Gasteiger partial charge >= 0.3 is 5.97 Å². The molecular weight excluding hydrogens is 458 g/mol. The van der Waals surface area contributed by atoms with Gasteiger partial charge in [0.1, 0.15) is 21.6 Å². The lowest BCUT2D eigenvalue weighted by Gasteiger charge is -2.27. The molecule has 0 aliphatic carbocycles. The number of fused-ring (bicyclic) bond motifs is 1. The van der Waals surface area contributed by atoms with E-state index in [2.05, 4.69) is 22.9 Å². The van der Waals surface area contributed by atoms with E-state index in [1.54, 1.807) is 12.1 Å². The van der Waals surface area contributed by atoms with E-state index in [4.69, 9.17) is 31.5 Å². The van der Waals surface area contributed by atoms with E-state index in [1.807, 2.05) is 26.8 Å². The van der Waals surface area contributed by atoms with Gasteiger partial charge in [0.05, 0.1) is 22.4 Å². The second-order valence-corrected chi connectivity index (χ2v) is 9.23. The van der Waals surface area contributed by atoms with Gasteiger partial charge in [-0.2, -0.15) is 0 Å². The molecule has 7 heteroatoms. The third kappa shape index (κ3) is 4.98. The van der Waals surface area contributed by atoms with Crippen LogP contribution in [-0.2, 0) is 11.2 Å². The summed E-state index contributed by atoms with van der Waals surface area (Å²) in [6.07, 6.45) is 2.97. The van der Waals surface area contributed by atoms with Crippen LogP contribution in [0.5, 0.6) is 17.2 Å². The number of aryl methyl sites for hydroxylation is 1. The topological polar surface area (TPSA) is 70.8 Å². The van der Waals surface area contributed by atoms with E-state index in [-0.39, 0.29) is 6.10 Å². The van der Waals surface area contributed by atoms with Gasteiger partial charge in [-0.05, 0) is 85.8 Å². The summed E-state index contributed by atoms with van der Waals surface area (Å²) in [7, 11) is 0. The predicted octanol–water partition coefficient (Wildman–Crippen LogP) is 6.54. The molecule has 1 heterocycles. The SMILES string of the molecule is CCC1CCc2cc(Cl)c(Oc3ccc(C(=O)OC(C)(C)C)cc3N)c(Br)c2O1. The number of anilines is 1. The molecule has 1 aliphatic rings. The number of carbonyl (C=O) groups excluding carboxylic acids is 1. The Bertz CT molecular complexity index is 939. The van der Waals surface area contributed by atoms with E-state index in [9.17, 15) is 4.79 Å². The number of ether oxygens (including phenoxy) is 3. The van der Waals surface area contributed by atoms with E-state index in [0.717, 1.165) is 30.6 Å². The molecule has 2 N–H and O–H groups in total. The summed E-state index contributed by atoms with van der Waals surface area (Å²) in [6, 6.07) is 6.65. The highest BCUT2D eigenvalue weighted by Gasteiger charge is 2.26. The molecule has 0 saturated carbocycles. The number of halogens is 2. The lowest BCUT2D eigenvalue weighted by atomic mass is 10.0. The number of esters is 1. The Hall–Kier alpha value is -1.92. The highest BCUT2D eigenvalue weighted by Crippen LogP contribution is 2.47. The highest BCUT2D eigenvalue weighted by molar-refractivity contribution is 9.10. The number of hydrogen-bond donors (Lipinski definition) is 1. The summed E-state index contributed by atoms with van der Waals surface area (Å²) < 4.78 is 18.1. The van der Waals surface area contributed by atoms with Crippen LogP contribution in [0.2, 0.25) is 5.02 Å². The summed E-state index contributed by atoms with van der Waals surface area (Å²) in [6.45, 7) is 7.54. The zero-order valence-electron chi connectivity index (χ0n) is 17.0. The average molecular weight is 483 g/mol. The molecule has 0 bridgehead atoms. The molecule has 3 rings (SSSR count). The minimum atomic E-state index is -0.584. The van der Waals surface area contributed by atoms with Crippen molar-refractivity contribution in [3.8, 4) is 17.2 Å². The van der Waals surface area contributed by atoms with Crippen molar-refractivity contribution in [1.29, 1.82) is 0 Å². The van der Waals surface area contributed by atoms with Crippen molar-refractivity contribution in [1.82, 2.24) is 0 Å². The van der Waals surface area contributed by atoms with Crippen LogP contribution in [0.4, 0.5) is 5.69 Å². The molecule has 29 heavy (non-hydrogen) atoms. The second kappa shape index (κ2) is 8.44. The van der Waals surface area contributed by atoms with Gasteiger partial charge in [-0.25, -0.2) is 4.79 Å². The quantitative estimate of drug-likeness (QED) is 0.396. The van der Waals surface area contributed by atoms with Crippen LogP contribution in [0.15, 0.2) is 28.7 Å². The molecule has 0 saturated heterocycles. The second-order valence-electron chi connectivity index (χ2n) is 8.03. The van der Waals surface area contributed by atoms with Crippen molar-refractivity contribution in [2.45, 2.75) is 58.7 Å². The molecule has 156 valence electrons. The molecule has 1 atom stereocenters. The van der Waals surface area contributed by atoms with Crippen LogP contribution in [0, 0.1) is 0 Å². The Balaban J connectivity index is 1.88. The molecule has 1 unspecified atom stereocenters. The fourth-order valence-corrected chi connectivity index (χ4v) is 4.11. The zero-order chi connectivity index (χ0) is 21.3. The summed E-state index contributed by atoms with van der Waals surface area (Å²) in [5, 5.41) is 0.463. The van der Waals surface area contributed by atoms with Crippen LogP contribution < -0.4 is 15.2 Å². The molecule has 0 spiro atoms. The lowest BCUT2D eigenvalue weighted by molar-refractivity contribution is 0.00696.